The quantitative estimate of drug-likeness (QED) is 0.603. The molecule has 2 heterocycles. The van der Waals surface area contributed by atoms with Crippen molar-refractivity contribution in [2.24, 2.45) is 5.16 Å². The molecule has 0 bridgehead atoms. The summed E-state index contributed by atoms with van der Waals surface area (Å²) in [6, 6.07) is 7.76. The molecule has 0 saturated carbocycles. The lowest BCUT2D eigenvalue weighted by Gasteiger charge is -2.29. The number of benzene rings is 1. The first-order valence-electron chi connectivity index (χ1n) is 9.06. The highest BCUT2D eigenvalue weighted by Crippen LogP contribution is 2.22. The molecule has 1 aromatic rings. The van der Waals surface area contributed by atoms with Crippen molar-refractivity contribution in [2.75, 3.05) is 33.3 Å². The van der Waals surface area contributed by atoms with Crippen LogP contribution in [-0.4, -0.2) is 43.9 Å². The van der Waals surface area contributed by atoms with Crippen molar-refractivity contribution in [3.63, 3.8) is 0 Å². The molecule has 2 aliphatic heterocycles. The van der Waals surface area contributed by atoms with Gasteiger partial charge in [0.25, 0.3) is 0 Å². The van der Waals surface area contributed by atoms with Gasteiger partial charge in [-0.25, -0.2) is 0 Å². The van der Waals surface area contributed by atoms with E-state index in [1.54, 1.807) is 7.11 Å². The first kappa shape index (κ1) is 18.7. The van der Waals surface area contributed by atoms with Gasteiger partial charge in [0.2, 0.25) is 0 Å². The lowest BCUT2D eigenvalue weighted by Crippen LogP contribution is -2.33. The van der Waals surface area contributed by atoms with Crippen LogP contribution in [0.5, 0.6) is 0 Å². The molecule has 1 N–H and O–H groups in total. The van der Waals surface area contributed by atoms with Crippen LogP contribution >= 0.6 is 11.6 Å². The summed E-state index contributed by atoms with van der Waals surface area (Å²) in [6.45, 7) is 6.09. The Kier molecular flexibility index (Phi) is 6.53. The van der Waals surface area contributed by atoms with Crippen LogP contribution < -0.4 is 5.32 Å². The second-order valence-corrected chi connectivity index (χ2v) is 7.04. The van der Waals surface area contributed by atoms with Gasteiger partial charge in [0.15, 0.2) is 0 Å². The van der Waals surface area contributed by atoms with Crippen molar-refractivity contribution >= 4 is 17.3 Å². The summed E-state index contributed by atoms with van der Waals surface area (Å²) in [6.07, 6.45) is 8.65. The van der Waals surface area contributed by atoms with Crippen molar-refractivity contribution < 1.29 is 4.84 Å². The Labute approximate surface area is 160 Å². The number of dihydropyridines is 1. The SMILES string of the molecule is CO/N=C(\CCN1CC=C(C2=C(C)C=CCN2)CC1)c1ccc(Cl)cc1. The minimum absolute atomic E-state index is 0.731. The first-order valence-corrected chi connectivity index (χ1v) is 9.44. The van der Waals surface area contributed by atoms with Crippen molar-refractivity contribution in [2.45, 2.75) is 19.8 Å². The lowest BCUT2D eigenvalue weighted by molar-refractivity contribution is 0.211. The van der Waals surface area contributed by atoms with Crippen LogP contribution in [0.15, 0.2) is 64.5 Å². The predicted octanol–water partition coefficient (Wildman–Crippen LogP) is 4.15. The highest BCUT2D eigenvalue weighted by Gasteiger charge is 2.17. The van der Waals surface area contributed by atoms with Crippen molar-refractivity contribution in [3.05, 3.63) is 69.9 Å². The second kappa shape index (κ2) is 9.06. The lowest BCUT2D eigenvalue weighted by atomic mass is 9.99. The number of nitrogens with one attached hydrogen (secondary N) is 1. The Morgan fingerprint density at radius 2 is 2.12 bits per heavy atom. The molecule has 3 rings (SSSR count). The molecule has 0 atom stereocenters. The smallest absolute Gasteiger partial charge is 0.106 e. The van der Waals surface area contributed by atoms with Crippen LogP contribution in [0.2, 0.25) is 5.02 Å². The van der Waals surface area contributed by atoms with Crippen molar-refractivity contribution in [1.82, 2.24) is 10.2 Å². The number of hydrogen-bond donors (Lipinski definition) is 1. The molecule has 138 valence electrons. The van der Waals surface area contributed by atoms with Gasteiger partial charge in [-0.2, -0.15) is 0 Å². The summed E-state index contributed by atoms with van der Waals surface area (Å²) in [7, 11) is 1.59. The van der Waals surface area contributed by atoms with E-state index in [-0.39, 0.29) is 0 Å². The molecule has 0 spiro atoms. The van der Waals surface area contributed by atoms with E-state index >= 15 is 0 Å². The van der Waals surface area contributed by atoms with E-state index in [0.29, 0.717) is 0 Å². The molecule has 0 unspecified atom stereocenters. The van der Waals surface area contributed by atoms with Crippen LogP contribution in [0.1, 0.15) is 25.3 Å². The van der Waals surface area contributed by atoms with E-state index in [1.165, 1.54) is 16.8 Å². The molecule has 0 aromatic heterocycles. The number of nitrogens with zero attached hydrogens (tertiary/aromatic N) is 2. The summed E-state index contributed by atoms with van der Waals surface area (Å²) in [4.78, 5) is 7.50. The van der Waals surface area contributed by atoms with Gasteiger partial charge >= 0.3 is 0 Å². The van der Waals surface area contributed by atoms with Crippen LogP contribution in [0.3, 0.4) is 0 Å². The molecule has 0 saturated heterocycles. The van der Waals surface area contributed by atoms with Crippen LogP contribution in [0.25, 0.3) is 0 Å². The molecule has 0 amide bonds. The van der Waals surface area contributed by atoms with Gasteiger partial charge in [0.05, 0.1) is 5.71 Å². The molecular formula is C21H26ClN3O. The van der Waals surface area contributed by atoms with Crippen molar-refractivity contribution in [1.29, 1.82) is 0 Å². The molecule has 0 fully saturated rings. The Balaban J connectivity index is 1.59. The van der Waals surface area contributed by atoms with Gasteiger partial charge < -0.3 is 10.2 Å². The first-order chi connectivity index (χ1) is 12.7. The van der Waals surface area contributed by atoms with E-state index in [4.69, 9.17) is 16.4 Å². The molecule has 4 nitrogen and oxygen atoms in total. The number of hydrogen-bond acceptors (Lipinski definition) is 4. The fourth-order valence-corrected chi connectivity index (χ4v) is 3.51. The Bertz CT molecular complexity index is 747. The fraction of sp³-hybridized carbons (Fsp3) is 0.381. The maximum atomic E-state index is 5.98. The summed E-state index contributed by atoms with van der Waals surface area (Å²) in [5.41, 5.74) is 6.09. The Hall–Kier alpha value is -2.04. The molecule has 1 aromatic carbocycles. The minimum atomic E-state index is 0.731. The highest BCUT2D eigenvalue weighted by atomic mass is 35.5. The van der Waals surface area contributed by atoms with E-state index in [2.05, 4.69) is 40.5 Å². The molecule has 26 heavy (non-hydrogen) atoms. The normalized spacial score (nSPS) is 18.6. The van der Waals surface area contributed by atoms with E-state index in [9.17, 15) is 0 Å². The second-order valence-electron chi connectivity index (χ2n) is 6.60. The topological polar surface area (TPSA) is 36.9 Å². The van der Waals surface area contributed by atoms with E-state index in [0.717, 1.165) is 55.3 Å². The van der Waals surface area contributed by atoms with Gasteiger partial charge in [-0.1, -0.05) is 47.1 Å². The number of oxime groups is 1. The van der Waals surface area contributed by atoms with Gasteiger partial charge in [-0.15, -0.1) is 0 Å². The van der Waals surface area contributed by atoms with Crippen LogP contribution in [0, 0.1) is 0 Å². The monoisotopic (exact) mass is 371 g/mol. The third-order valence-corrected chi connectivity index (χ3v) is 5.07. The maximum absolute atomic E-state index is 5.98. The minimum Gasteiger partial charge on any atom is -0.399 e. The summed E-state index contributed by atoms with van der Waals surface area (Å²) in [5, 5.41) is 8.45. The zero-order valence-corrected chi connectivity index (χ0v) is 16.2. The van der Waals surface area contributed by atoms with Gasteiger partial charge in [-0.05, 0) is 42.2 Å². The summed E-state index contributed by atoms with van der Waals surface area (Å²) in [5.74, 6) is 0. The molecular weight excluding hydrogens is 346 g/mol. The highest BCUT2D eigenvalue weighted by molar-refractivity contribution is 6.30. The van der Waals surface area contributed by atoms with E-state index in [1.807, 2.05) is 24.3 Å². The zero-order chi connectivity index (χ0) is 18.4. The van der Waals surface area contributed by atoms with E-state index < -0.39 is 0 Å². The third kappa shape index (κ3) is 4.77. The number of rotatable bonds is 6. The largest absolute Gasteiger partial charge is 0.399 e. The fourth-order valence-electron chi connectivity index (χ4n) is 3.39. The maximum Gasteiger partial charge on any atom is 0.106 e. The van der Waals surface area contributed by atoms with Gasteiger partial charge in [0.1, 0.15) is 7.11 Å². The standard InChI is InChI=1S/C21H26ClN3O/c1-16-4-3-12-23-21(16)18-9-13-25(14-10-18)15-11-20(24-26-2)17-5-7-19(22)8-6-17/h3-9,23H,10-15H2,1-2H3/b24-20+. The van der Waals surface area contributed by atoms with Crippen molar-refractivity contribution in [3.8, 4) is 0 Å². The Morgan fingerprint density at radius 1 is 1.31 bits per heavy atom. The average molecular weight is 372 g/mol. The summed E-state index contributed by atoms with van der Waals surface area (Å²) >= 11 is 5.98. The molecule has 0 aliphatic carbocycles. The number of halogens is 1. The van der Waals surface area contributed by atoms with Crippen LogP contribution in [-0.2, 0) is 4.84 Å². The molecule has 2 aliphatic rings. The van der Waals surface area contributed by atoms with Gasteiger partial charge in [-0.3, -0.25) is 4.90 Å². The predicted molar refractivity (Wildman–Crippen MR) is 109 cm³/mol. The zero-order valence-electron chi connectivity index (χ0n) is 15.5. The molecule has 0 radical (unpaired) electrons. The average Bonchev–Trinajstić information content (AvgIpc) is 2.67. The molecule has 5 heteroatoms. The van der Waals surface area contributed by atoms with Crippen LogP contribution in [0.4, 0.5) is 0 Å². The number of allylic oxidation sites excluding steroid dienone is 3. The summed E-state index contributed by atoms with van der Waals surface area (Å²) < 4.78 is 0. The Morgan fingerprint density at radius 3 is 2.77 bits per heavy atom. The van der Waals surface area contributed by atoms with Gasteiger partial charge in [0, 0.05) is 43.3 Å². The third-order valence-electron chi connectivity index (χ3n) is 4.82.